The van der Waals surface area contributed by atoms with Gasteiger partial charge in [0, 0.05) is 4.90 Å². The predicted molar refractivity (Wildman–Crippen MR) is 94.5 cm³/mol. The van der Waals surface area contributed by atoms with Gasteiger partial charge >= 0.3 is 5.97 Å². The molecule has 0 N–H and O–H groups in total. The van der Waals surface area contributed by atoms with E-state index in [2.05, 4.69) is 13.8 Å². The average Bonchev–Trinajstić information content (AvgIpc) is 2.59. The summed E-state index contributed by atoms with van der Waals surface area (Å²) in [6.45, 7) is 5.04. The molecule has 3 nitrogen and oxygen atoms in total. The highest BCUT2D eigenvalue weighted by atomic mass is 32.2. The summed E-state index contributed by atoms with van der Waals surface area (Å²) < 4.78 is 11.0. The lowest BCUT2D eigenvalue weighted by Gasteiger charge is -2.26. The van der Waals surface area contributed by atoms with E-state index in [0.717, 1.165) is 54.5 Å². The molecule has 0 amide bonds. The smallest absolute Gasteiger partial charge is 0.321 e. The highest BCUT2D eigenvalue weighted by Crippen LogP contribution is 2.33. The second-order valence-electron chi connectivity index (χ2n) is 6.31. The van der Waals surface area contributed by atoms with Gasteiger partial charge in [-0.05, 0) is 62.3 Å². The zero-order chi connectivity index (χ0) is 16.5. The Kier molecular flexibility index (Phi) is 7.80. The van der Waals surface area contributed by atoms with Gasteiger partial charge in [-0.3, -0.25) is 4.79 Å². The molecule has 0 radical (unpaired) electrons. The van der Waals surface area contributed by atoms with E-state index in [0.29, 0.717) is 0 Å². The van der Waals surface area contributed by atoms with Crippen LogP contribution < -0.4 is 4.74 Å². The lowest BCUT2D eigenvalue weighted by molar-refractivity contribution is -0.138. The van der Waals surface area contributed by atoms with Crippen LogP contribution in [-0.2, 0) is 8.98 Å². The maximum absolute atomic E-state index is 12.2. The molecule has 0 aliphatic heterocycles. The normalized spacial score (nSPS) is 21.0. The molecule has 0 heterocycles. The number of benzene rings is 1. The molecule has 4 heteroatoms. The highest BCUT2D eigenvalue weighted by Gasteiger charge is 2.27. The van der Waals surface area contributed by atoms with E-state index in [9.17, 15) is 4.79 Å². The second kappa shape index (κ2) is 9.86. The first kappa shape index (κ1) is 18.2. The molecule has 1 fully saturated rings. The fourth-order valence-corrected chi connectivity index (χ4v) is 3.63. The number of carbonyl (C=O) groups excluding carboxylic acids is 1. The van der Waals surface area contributed by atoms with Crippen molar-refractivity contribution in [2.75, 3.05) is 6.61 Å². The zero-order valence-electron chi connectivity index (χ0n) is 14.3. The Morgan fingerprint density at radius 1 is 1.09 bits per heavy atom. The van der Waals surface area contributed by atoms with Crippen LogP contribution in [0.5, 0.6) is 5.75 Å². The Balaban J connectivity index is 1.72. The Morgan fingerprint density at radius 3 is 2.39 bits per heavy atom. The van der Waals surface area contributed by atoms with Gasteiger partial charge in [0.1, 0.15) is 5.75 Å². The van der Waals surface area contributed by atoms with Crippen LogP contribution >= 0.6 is 12.0 Å². The van der Waals surface area contributed by atoms with Crippen molar-refractivity contribution >= 4 is 18.0 Å². The van der Waals surface area contributed by atoms with Gasteiger partial charge in [-0.2, -0.15) is 0 Å². The maximum atomic E-state index is 12.2. The molecule has 0 aromatic heterocycles. The molecule has 1 aliphatic carbocycles. The van der Waals surface area contributed by atoms with Crippen LogP contribution in [0.1, 0.15) is 58.8 Å². The SMILES string of the molecule is CCCOc1ccc(SOC(=O)[C@H]2CC[C@H](CCC)CC2)cc1. The van der Waals surface area contributed by atoms with Crippen LogP contribution in [0.4, 0.5) is 0 Å². The molecule has 1 saturated carbocycles. The van der Waals surface area contributed by atoms with Gasteiger partial charge in [0.25, 0.3) is 0 Å². The highest BCUT2D eigenvalue weighted by molar-refractivity contribution is 7.95. The van der Waals surface area contributed by atoms with Crippen molar-refractivity contribution in [2.24, 2.45) is 11.8 Å². The fourth-order valence-electron chi connectivity index (χ4n) is 3.06. The minimum Gasteiger partial charge on any atom is -0.494 e. The molecule has 2 rings (SSSR count). The summed E-state index contributed by atoms with van der Waals surface area (Å²) in [6.07, 6.45) is 7.83. The molecule has 1 aromatic rings. The summed E-state index contributed by atoms with van der Waals surface area (Å²) in [5.41, 5.74) is 0. The number of rotatable bonds is 8. The van der Waals surface area contributed by atoms with E-state index in [1.807, 2.05) is 24.3 Å². The number of hydrogen-bond acceptors (Lipinski definition) is 4. The first-order valence-electron chi connectivity index (χ1n) is 8.84. The first-order valence-corrected chi connectivity index (χ1v) is 9.58. The number of hydrogen-bond donors (Lipinski definition) is 0. The predicted octanol–water partition coefficient (Wildman–Crippen LogP) is 5.63. The van der Waals surface area contributed by atoms with Crippen molar-refractivity contribution in [3.8, 4) is 5.75 Å². The van der Waals surface area contributed by atoms with Crippen molar-refractivity contribution in [1.82, 2.24) is 0 Å². The topological polar surface area (TPSA) is 35.5 Å². The van der Waals surface area contributed by atoms with E-state index < -0.39 is 0 Å². The lowest BCUT2D eigenvalue weighted by atomic mass is 9.80. The molecule has 0 unspecified atom stereocenters. The summed E-state index contributed by atoms with van der Waals surface area (Å²) in [5, 5.41) is 0. The van der Waals surface area contributed by atoms with Crippen LogP contribution in [0.3, 0.4) is 0 Å². The van der Waals surface area contributed by atoms with Crippen molar-refractivity contribution < 1.29 is 13.7 Å². The van der Waals surface area contributed by atoms with Crippen molar-refractivity contribution in [3.05, 3.63) is 24.3 Å². The number of ether oxygens (including phenoxy) is 1. The first-order chi connectivity index (χ1) is 11.2. The molecule has 0 saturated heterocycles. The largest absolute Gasteiger partial charge is 0.494 e. The van der Waals surface area contributed by atoms with Gasteiger partial charge in [-0.25, -0.2) is 0 Å². The summed E-state index contributed by atoms with van der Waals surface area (Å²) in [4.78, 5) is 13.1. The second-order valence-corrected chi connectivity index (χ2v) is 7.12. The minimum absolute atomic E-state index is 0.0590. The molecule has 0 atom stereocenters. The summed E-state index contributed by atoms with van der Waals surface area (Å²) in [6, 6.07) is 7.70. The molecule has 128 valence electrons. The molecule has 1 aliphatic rings. The van der Waals surface area contributed by atoms with Gasteiger partial charge in [-0.1, -0.05) is 26.7 Å². The van der Waals surface area contributed by atoms with Crippen LogP contribution in [0.25, 0.3) is 0 Å². The minimum atomic E-state index is -0.0590. The molecule has 0 spiro atoms. The van der Waals surface area contributed by atoms with E-state index in [-0.39, 0.29) is 11.9 Å². The third-order valence-corrected chi connectivity index (χ3v) is 5.11. The third kappa shape index (κ3) is 6.09. The van der Waals surface area contributed by atoms with E-state index in [1.54, 1.807) is 0 Å². The van der Waals surface area contributed by atoms with Crippen LogP contribution in [-0.4, -0.2) is 12.6 Å². The molecule has 0 bridgehead atoms. The van der Waals surface area contributed by atoms with Gasteiger partial charge in [0.05, 0.1) is 24.6 Å². The average molecular weight is 336 g/mol. The van der Waals surface area contributed by atoms with Crippen LogP contribution in [0.2, 0.25) is 0 Å². The number of carbonyl (C=O) groups is 1. The van der Waals surface area contributed by atoms with Crippen LogP contribution in [0, 0.1) is 11.8 Å². The van der Waals surface area contributed by atoms with E-state index >= 15 is 0 Å². The fraction of sp³-hybridized carbons (Fsp3) is 0.632. The zero-order valence-corrected chi connectivity index (χ0v) is 15.1. The summed E-state index contributed by atoms with van der Waals surface area (Å²) in [7, 11) is 0. The Morgan fingerprint density at radius 2 is 1.78 bits per heavy atom. The molecule has 1 aromatic carbocycles. The summed E-state index contributed by atoms with van der Waals surface area (Å²) in [5.74, 6) is 1.70. The Hall–Kier alpha value is -1.16. The monoisotopic (exact) mass is 336 g/mol. The van der Waals surface area contributed by atoms with Crippen molar-refractivity contribution in [3.63, 3.8) is 0 Å². The standard InChI is InChI=1S/C19H28O3S/c1-3-5-15-6-8-16(9-7-15)19(20)22-23-18-12-10-17(11-13-18)21-14-4-2/h10-13,15-16H,3-9,14H2,1-2H3/t15-,16-. The van der Waals surface area contributed by atoms with Gasteiger partial charge in [-0.15, -0.1) is 0 Å². The Bertz CT molecular complexity index is 464. The molecular formula is C19H28O3S. The summed E-state index contributed by atoms with van der Waals surface area (Å²) >= 11 is 1.16. The Labute approximate surface area is 144 Å². The molecular weight excluding hydrogens is 308 g/mol. The van der Waals surface area contributed by atoms with Crippen molar-refractivity contribution in [1.29, 1.82) is 0 Å². The van der Waals surface area contributed by atoms with E-state index in [4.69, 9.17) is 8.92 Å². The third-order valence-electron chi connectivity index (χ3n) is 4.39. The molecule has 23 heavy (non-hydrogen) atoms. The maximum Gasteiger partial charge on any atom is 0.321 e. The van der Waals surface area contributed by atoms with Gasteiger partial charge < -0.3 is 8.92 Å². The van der Waals surface area contributed by atoms with E-state index in [1.165, 1.54) is 25.7 Å². The van der Waals surface area contributed by atoms with Crippen LogP contribution in [0.15, 0.2) is 29.2 Å². The van der Waals surface area contributed by atoms with Gasteiger partial charge in [0.15, 0.2) is 0 Å². The lowest BCUT2D eigenvalue weighted by Crippen LogP contribution is -2.22. The quantitative estimate of drug-likeness (QED) is 0.576. The van der Waals surface area contributed by atoms with Crippen molar-refractivity contribution in [2.45, 2.75) is 63.7 Å². The van der Waals surface area contributed by atoms with Gasteiger partial charge in [0.2, 0.25) is 0 Å².